The third-order valence-corrected chi connectivity index (χ3v) is 7.09. The number of thiophene rings is 1. The SMILES string of the molecule is CN(CC(=O)NN=C(c1ccccc1)c1ccccc1)S(=O)(=O)c1cccs1. The van der Waals surface area contributed by atoms with Crippen molar-refractivity contribution in [3.63, 3.8) is 0 Å². The van der Waals surface area contributed by atoms with Gasteiger partial charge in [0.15, 0.2) is 0 Å². The molecule has 0 radical (unpaired) electrons. The molecule has 2 aromatic carbocycles. The van der Waals surface area contributed by atoms with Gasteiger partial charge < -0.3 is 0 Å². The monoisotopic (exact) mass is 413 g/mol. The molecule has 0 saturated carbocycles. The fraction of sp³-hybridized carbons (Fsp3) is 0.100. The molecule has 6 nitrogen and oxygen atoms in total. The van der Waals surface area contributed by atoms with Gasteiger partial charge in [0.05, 0.1) is 12.3 Å². The minimum atomic E-state index is -3.69. The molecule has 0 saturated heterocycles. The zero-order valence-corrected chi connectivity index (χ0v) is 16.8. The van der Waals surface area contributed by atoms with E-state index in [0.717, 1.165) is 26.8 Å². The zero-order chi connectivity index (χ0) is 20.0. The lowest BCUT2D eigenvalue weighted by Crippen LogP contribution is -2.36. The summed E-state index contributed by atoms with van der Waals surface area (Å²) in [6, 6.07) is 22.1. The van der Waals surface area contributed by atoms with Crippen LogP contribution in [0, 0.1) is 0 Å². The van der Waals surface area contributed by atoms with Crippen LogP contribution in [0.4, 0.5) is 0 Å². The topological polar surface area (TPSA) is 78.8 Å². The molecule has 0 spiro atoms. The number of rotatable bonds is 7. The van der Waals surface area contributed by atoms with Crippen LogP contribution in [-0.4, -0.2) is 37.9 Å². The molecule has 3 rings (SSSR count). The predicted octanol–water partition coefficient (Wildman–Crippen LogP) is 2.94. The van der Waals surface area contributed by atoms with E-state index < -0.39 is 15.9 Å². The second-order valence-corrected chi connectivity index (χ2v) is 9.14. The number of amides is 1. The summed E-state index contributed by atoms with van der Waals surface area (Å²) in [5.41, 5.74) is 4.75. The summed E-state index contributed by atoms with van der Waals surface area (Å²) in [5.74, 6) is -0.521. The average molecular weight is 414 g/mol. The molecule has 3 aromatic rings. The molecule has 144 valence electrons. The summed E-state index contributed by atoms with van der Waals surface area (Å²) in [6.45, 7) is -0.333. The quantitative estimate of drug-likeness (QED) is 0.478. The smallest absolute Gasteiger partial charge is 0.255 e. The van der Waals surface area contributed by atoms with E-state index in [9.17, 15) is 13.2 Å². The first-order valence-electron chi connectivity index (χ1n) is 8.45. The summed E-state index contributed by atoms with van der Waals surface area (Å²) in [5, 5.41) is 5.94. The molecular weight excluding hydrogens is 394 g/mol. The van der Waals surface area contributed by atoms with Crippen LogP contribution in [0.1, 0.15) is 11.1 Å². The van der Waals surface area contributed by atoms with E-state index in [1.54, 1.807) is 11.4 Å². The zero-order valence-electron chi connectivity index (χ0n) is 15.1. The molecule has 0 atom stereocenters. The molecule has 0 aliphatic rings. The van der Waals surface area contributed by atoms with Crippen molar-refractivity contribution >= 4 is 33.0 Å². The van der Waals surface area contributed by atoms with Crippen molar-refractivity contribution in [3.8, 4) is 0 Å². The van der Waals surface area contributed by atoms with E-state index >= 15 is 0 Å². The van der Waals surface area contributed by atoms with E-state index in [2.05, 4.69) is 10.5 Å². The van der Waals surface area contributed by atoms with Crippen molar-refractivity contribution in [3.05, 3.63) is 89.3 Å². The highest BCUT2D eigenvalue weighted by Gasteiger charge is 2.23. The van der Waals surface area contributed by atoms with Crippen LogP contribution >= 0.6 is 11.3 Å². The molecule has 28 heavy (non-hydrogen) atoms. The van der Waals surface area contributed by atoms with Crippen molar-refractivity contribution in [2.24, 2.45) is 5.10 Å². The van der Waals surface area contributed by atoms with Crippen molar-refractivity contribution in [2.45, 2.75) is 4.21 Å². The van der Waals surface area contributed by atoms with E-state index in [1.165, 1.54) is 13.1 Å². The van der Waals surface area contributed by atoms with Crippen LogP contribution in [0.2, 0.25) is 0 Å². The van der Waals surface area contributed by atoms with Crippen LogP contribution in [-0.2, 0) is 14.8 Å². The molecule has 1 heterocycles. The van der Waals surface area contributed by atoms with Gasteiger partial charge >= 0.3 is 0 Å². The number of nitrogens with one attached hydrogen (secondary N) is 1. The van der Waals surface area contributed by atoms with E-state index in [0.29, 0.717) is 5.71 Å². The number of carbonyl (C=O) groups is 1. The molecule has 0 unspecified atom stereocenters. The summed E-state index contributed by atoms with van der Waals surface area (Å²) >= 11 is 1.11. The second kappa shape index (κ2) is 8.92. The first kappa shape index (κ1) is 19.9. The van der Waals surface area contributed by atoms with Gasteiger partial charge in [-0.2, -0.15) is 9.41 Å². The molecule has 1 amide bonds. The van der Waals surface area contributed by atoms with Crippen LogP contribution in [0.5, 0.6) is 0 Å². The van der Waals surface area contributed by atoms with Gasteiger partial charge in [0.25, 0.3) is 15.9 Å². The number of hydrazone groups is 1. The Bertz CT molecular complexity index is 1010. The lowest BCUT2D eigenvalue weighted by Gasteiger charge is -2.15. The molecule has 1 N–H and O–H groups in total. The number of carbonyl (C=O) groups excluding carboxylic acids is 1. The van der Waals surface area contributed by atoms with E-state index in [4.69, 9.17) is 0 Å². The fourth-order valence-electron chi connectivity index (χ4n) is 2.49. The maximum Gasteiger partial charge on any atom is 0.255 e. The molecule has 0 aliphatic carbocycles. The van der Waals surface area contributed by atoms with Crippen LogP contribution < -0.4 is 5.43 Å². The predicted molar refractivity (Wildman–Crippen MR) is 111 cm³/mol. The lowest BCUT2D eigenvalue weighted by molar-refractivity contribution is -0.121. The van der Waals surface area contributed by atoms with Crippen LogP contribution in [0.3, 0.4) is 0 Å². The Balaban J connectivity index is 1.77. The highest BCUT2D eigenvalue weighted by atomic mass is 32.2. The largest absolute Gasteiger partial charge is 0.272 e. The number of hydrogen-bond donors (Lipinski definition) is 1. The number of benzene rings is 2. The van der Waals surface area contributed by atoms with Crippen molar-refractivity contribution in [1.82, 2.24) is 9.73 Å². The molecule has 0 fully saturated rings. The van der Waals surface area contributed by atoms with Crippen LogP contribution in [0.25, 0.3) is 0 Å². The highest BCUT2D eigenvalue weighted by molar-refractivity contribution is 7.91. The maximum absolute atomic E-state index is 12.4. The molecule has 0 aliphatic heterocycles. The third kappa shape index (κ3) is 4.72. The van der Waals surface area contributed by atoms with E-state index in [1.807, 2.05) is 60.7 Å². The van der Waals surface area contributed by atoms with Gasteiger partial charge in [0.1, 0.15) is 4.21 Å². The number of nitrogens with zero attached hydrogens (tertiary/aromatic N) is 2. The van der Waals surface area contributed by atoms with E-state index in [-0.39, 0.29) is 10.8 Å². The molecular formula is C20H19N3O3S2. The standard InChI is InChI=1S/C20H19N3O3S2/c1-23(28(25,26)19-13-8-14-27-19)15-18(24)21-22-20(16-9-4-2-5-10-16)17-11-6-3-7-12-17/h2-14H,15H2,1H3,(H,21,24). The summed E-state index contributed by atoms with van der Waals surface area (Å²) in [6.07, 6.45) is 0. The van der Waals surface area contributed by atoms with Gasteiger partial charge in [-0.05, 0) is 11.4 Å². The van der Waals surface area contributed by atoms with Gasteiger partial charge in [-0.3, -0.25) is 4.79 Å². The molecule has 1 aromatic heterocycles. The Kier molecular flexibility index (Phi) is 6.35. The van der Waals surface area contributed by atoms with Gasteiger partial charge in [0.2, 0.25) is 0 Å². The second-order valence-electron chi connectivity index (χ2n) is 5.92. The van der Waals surface area contributed by atoms with Crippen molar-refractivity contribution in [2.75, 3.05) is 13.6 Å². The van der Waals surface area contributed by atoms with Crippen molar-refractivity contribution in [1.29, 1.82) is 0 Å². The number of sulfonamides is 1. The third-order valence-electron chi connectivity index (χ3n) is 3.91. The van der Waals surface area contributed by atoms with Gasteiger partial charge in [-0.25, -0.2) is 13.8 Å². The number of likely N-dealkylation sites (N-methyl/N-ethyl adjacent to an activating group) is 1. The Morgan fingerprint density at radius 2 is 1.54 bits per heavy atom. The van der Waals surface area contributed by atoms with Crippen molar-refractivity contribution < 1.29 is 13.2 Å². The van der Waals surface area contributed by atoms with Gasteiger partial charge in [-0.1, -0.05) is 66.7 Å². The van der Waals surface area contributed by atoms with Gasteiger partial charge in [-0.15, -0.1) is 11.3 Å². The molecule has 0 bridgehead atoms. The summed E-state index contributed by atoms with van der Waals surface area (Å²) < 4.78 is 26.1. The minimum absolute atomic E-state index is 0.195. The Hall–Kier alpha value is -2.81. The Morgan fingerprint density at radius 3 is 2.04 bits per heavy atom. The first-order chi connectivity index (χ1) is 13.5. The minimum Gasteiger partial charge on any atom is -0.272 e. The van der Waals surface area contributed by atoms with Gasteiger partial charge in [0, 0.05) is 18.2 Å². The number of hydrogen-bond acceptors (Lipinski definition) is 5. The Morgan fingerprint density at radius 1 is 0.964 bits per heavy atom. The maximum atomic E-state index is 12.4. The van der Waals surface area contributed by atoms with Crippen LogP contribution in [0.15, 0.2) is 87.5 Å². The summed E-state index contributed by atoms with van der Waals surface area (Å²) in [4.78, 5) is 12.3. The summed E-state index contributed by atoms with van der Waals surface area (Å²) in [7, 11) is -2.32. The average Bonchev–Trinajstić information content (AvgIpc) is 3.25. The lowest BCUT2D eigenvalue weighted by atomic mass is 10.0. The highest BCUT2D eigenvalue weighted by Crippen LogP contribution is 2.19. The normalized spacial score (nSPS) is 11.2. The molecule has 8 heteroatoms. The first-order valence-corrected chi connectivity index (χ1v) is 10.8. The Labute approximate surface area is 168 Å². The fourth-order valence-corrected chi connectivity index (χ4v) is 4.82.